The molecule has 11 heteroatoms. The van der Waals surface area contributed by atoms with E-state index >= 15 is 0 Å². The Morgan fingerprint density at radius 2 is 1.73 bits per heavy atom. The van der Waals surface area contributed by atoms with Crippen molar-refractivity contribution in [1.29, 1.82) is 0 Å². The Hall–Kier alpha value is -4.93. The number of rotatable bonds is 7. The van der Waals surface area contributed by atoms with E-state index in [2.05, 4.69) is 43.9 Å². The van der Waals surface area contributed by atoms with Crippen molar-refractivity contribution in [2.75, 3.05) is 45.3 Å². The Kier molecular flexibility index (Phi) is 7.00. The lowest BCUT2D eigenvalue weighted by atomic mass is 9.95. The minimum atomic E-state index is -0.274. The van der Waals surface area contributed by atoms with Gasteiger partial charge in [-0.2, -0.15) is 0 Å². The molecule has 0 aliphatic carbocycles. The van der Waals surface area contributed by atoms with Crippen molar-refractivity contribution in [2.24, 2.45) is 0 Å². The lowest BCUT2D eigenvalue weighted by Gasteiger charge is -2.34. The molecule has 0 bridgehead atoms. The summed E-state index contributed by atoms with van der Waals surface area (Å²) in [5, 5.41) is 9.36. The Balaban J connectivity index is 1.25. The number of aromatic nitrogens is 5. The molecule has 210 valence electrons. The first-order valence-corrected chi connectivity index (χ1v) is 13.5. The summed E-state index contributed by atoms with van der Waals surface area (Å²) in [5.74, 6) is 2.38. The van der Waals surface area contributed by atoms with Crippen LogP contribution in [-0.4, -0.2) is 76.4 Å². The molecule has 11 nitrogen and oxygen atoms in total. The highest BCUT2D eigenvalue weighted by Gasteiger charge is 2.27. The van der Waals surface area contributed by atoms with Crippen molar-refractivity contribution in [3.63, 3.8) is 0 Å². The molecule has 1 aliphatic rings. The normalized spacial score (nSPS) is 13.7. The monoisotopic (exact) mass is 553 g/mol. The summed E-state index contributed by atoms with van der Waals surface area (Å²) < 4.78 is 16.9. The molecule has 1 fully saturated rings. The van der Waals surface area contributed by atoms with Crippen molar-refractivity contribution in [3.05, 3.63) is 66.4 Å². The van der Waals surface area contributed by atoms with Crippen molar-refractivity contribution in [2.45, 2.75) is 19.8 Å². The van der Waals surface area contributed by atoms with Gasteiger partial charge >= 0.3 is 11.8 Å². The maximum absolute atomic E-state index is 13.2. The summed E-state index contributed by atoms with van der Waals surface area (Å²) in [6.07, 6.45) is 5.04. The highest BCUT2D eigenvalue weighted by atomic mass is 16.5. The standard InChI is InChI=1S/C30H31N7O4/c1-18(2)26-21-15-20(5-7-22(21)33-27(26)19-6-8-23(39-3)24(16-19)40-4)28-34-35-29(41-28)30(38)37-13-11-36(12-14-37)25-17-31-9-10-32-25/h5-10,15-18,33H,11-14H2,1-4H3. The molecule has 0 saturated carbocycles. The number of anilines is 1. The molecule has 5 aromatic rings. The van der Waals surface area contributed by atoms with Crippen LogP contribution >= 0.6 is 0 Å². The molecule has 2 aromatic carbocycles. The van der Waals surface area contributed by atoms with E-state index in [9.17, 15) is 4.79 Å². The summed E-state index contributed by atoms with van der Waals surface area (Å²) in [7, 11) is 3.26. The lowest BCUT2D eigenvalue weighted by Crippen LogP contribution is -2.49. The van der Waals surface area contributed by atoms with Gasteiger partial charge in [-0.1, -0.05) is 13.8 Å². The number of carbonyl (C=O) groups is 1. The Labute approximate surface area is 237 Å². The number of aromatic amines is 1. The second kappa shape index (κ2) is 10.9. The lowest BCUT2D eigenvalue weighted by molar-refractivity contribution is 0.0707. The summed E-state index contributed by atoms with van der Waals surface area (Å²) in [6.45, 7) is 6.67. The molecule has 41 heavy (non-hydrogen) atoms. The average molecular weight is 554 g/mol. The molecule has 1 saturated heterocycles. The van der Waals surface area contributed by atoms with Crippen molar-refractivity contribution < 1.29 is 18.7 Å². The fraction of sp³-hybridized carbons (Fsp3) is 0.300. The van der Waals surface area contributed by atoms with Gasteiger partial charge in [0.1, 0.15) is 5.82 Å². The predicted octanol–water partition coefficient (Wildman–Crippen LogP) is 4.78. The van der Waals surface area contributed by atoms with Gasteiger partial charge in [0, 0.05) is 60.6 Å². The van der Waals surface area contributed by atoms with Crippen molar-refractivity contribution in [3.8, 4) is 34.2 Å². The molecule has 0 spiro atoms. The number of benzene rings is 2. The Bertz CT molecular complexity index is 1690. The van der Waals surface area contributed by atoms with Gasteiger partial charge < -0.3 is 28.7 Å². The molecule has 1 amide bonds. The van der Waals surface area contributed by atoms with Crippen LogP contribution in [-0.2, 0) is 0 Å². The maximum atomic E-state index is 13.2. The predicted molar refractivity (Wildman–Crippen MR) is 154 cm³/mol. The number of nitrogens with zero attached hydrogens (tertiary/aromatic N) is 6. The second-order valence-corrected chi connectivity index (χ2v) is 10.2. The number of piperazine rings is 1. The summed E-state index contributed by atoms with van der Waals surface area (Å²) >= 11 is 0. The van der Waals surface area contributed by atoms with Crippen molar-refractivity contribution >= 4 is 22.6 Å². The highest BCUT2D eigenvalue weighted by Crippen LogP contribution is 2.40. The van der Waals surface area contributed by atoms with Crippen LogP contribution < -0.4 is 14.4 Å². The molecule has 3 aromatic heterocycles. The third kappa shape index (κ3) is 4.94. The zero-order chi connectivity index (χ0) is 28.5. The van der Waals surface area contributed by atoms with E-state index in [0.29, 0.717) is 43.6 Å². The van der Waals surface area contributed by atoms with E-state index in [4.69, 9.17) is 13.9 Å². The van der Waals surface area contributed by atoms with Crippen LogP contribution in [0.25, 0.3) is 33.6 Å². The van der Waals surface area contributed by atoms with Crippen LogP contribution in [0.4, 0.5) is 5.82 Å². The van der Waals surface area contributed by atoms with Crippen LogP contribution in [0.2, 0.25) is 0 Å². The molecular weight excluding hydrogens is 522 g/mol. The summed E-state index contributed by atoms with van der Waals surface area (Å²) in [6, 6.07) is 11.8. The number of methoxy groups -OCH3 is 2. The van der Waals surface area contributed by atoms with Gasteiger partial charge in [-0.15, -0.1) is 10.2 Å². The minimum absolute atomic E-state index is 0.0165. The van der Waals surface area contributed by atoms with E-state index in [1.54, 1.807) is 37.7 Å². The molecule has 1 N–H and O–H groups in total. The smallest absolute Gasteiger partial charge is 0.311 e. The van der Waals surface area contributed by atoms with E-state index in [-0.39, 0.29) is 17.7 Å². The van der Waals surface area contributed by atoms with Crippen LogP contribution in [0.15, 0.2) is 59.4 Å². The van der Waals surface area contributed by atoms with E-state index in [0.717, 1.165) is 39.1 Å². The fourth-order valence-corrected chi connectivity index (χ4v) is 5.32. The third-order valence-corrected chi connectivity index (χ3v) is 7.38. The number of H-pyrrole nitrogens is 1. The molecule has 0 atom stereocenters. The zero-order valence-corrected chi connectivity index (χ0v) is 23.4. The van der Waals surface area contributed by atoms with Gasteiger partial charge in [0.05, 0.1) is 26.1 Å². The number of hydrogen-bond donors (Lipinski definition) is 1. The minimum Gasteiger partial charge on any atom is -0.493 e. The number of amides is 1. The number of hydrogen-bond acceptors (Lipinski definition) is 9. The van der Waals surface area contributed by atoms with Gasteiger partial charge in [0.15, 0.2) is 11.5 Å². The van der Waals surface area contributed by atoms with Crippen molar-refractivity contribution in [1.82, 2.24) is 30.0 Å². The fourth-order valence-electron chi connectivity index (χ4n) is 5.32. The molecule has 6 rings (SSSR count). The molecule has 4 heterocycles. The molecular formula is C30H31N7O4. The topological polar surface area (TPSA) is 122 Å². The highest BCUT2D eigenvalue weighted by molar-refractivity contribution is 5.94. The third-order valence-electron chi connectivity index (χ3n) is 7.38. The number of carbonyl (C=O) groups excluding carboxylic acids is 1. The second-order valence-electron chi connectivity index (χ2n) is 10.2. The van der Waals surface area contributed by atoms with E-state index in [1.165, 1.54) is 0 Å². The number of ether oxygens (including phenoxy) is 2. The van der Waals surface area contributed by atoms with Crippen LogP contribution in [0.5, 0.6) is 11.5 Å². The molecule has 0 radical (unpaired) electrons. The van der Waals surface area contributed by atoms with Gasteiger partial charge in [0.25, 0.3) is 0 Å². The van der Waals surface area contributed by atoms with Gasteiger partial charge in [-0.05, 0) is 47.9 Å². The van der Waals surface area contributed by atoms with E-state index in [1.807, 2.05) is 36.4 Å². The SMILES string of the molecule is COc1ccc(-c2[nH]c3ccc(-c4nnc(C(=O)N5CCN(c6cnccn6)CC5)o4)cc3c2C(C)C)cc1OC. The Morgan fingerprint density at radius 1 is 0.951 bits per heavy atom. The van der Waals surface area contributed by atoms with Crippen LogP contribution in [0.3, 0.4) is 0 Å². The number of nitrogens with one attached hydrogen (secondary N) is 1. The molecule has 1 aliphatic heterocycles. The summed E-state index contributed by atoms with van der Waals surface area (Å²) in [4.78, 5) is 29.0. The van der Waals surface area contributed by atoms with E-state index < -0.39 is 0 Å². The zero-order valence-electron chi connectivity index (χ0n) is 23.4. The average Bonchev–Trinajstić information content (AvgIpc) is 3.66. The van der Waals surface area contributed by atoms with Gasteiger partial charge in [-0.3, -0.25) is 9.78 Å². The quantitative estimate of drug-likeness (QED) is 0.303. The Morgan fingerprint density at radius 3 is 2.44 bits per heavy atom. The first-order valence-electron chi connectivity index (χ1n) is 13.5. The summed E-state index contributed by atoms with van der Waals surface area (Å²) in [5.41, 5.74) is 4.89. The largest absolute Gasteiger partial charge is 0.493 e. The van der Waals surface area contributed by atoms with Crippen LogP contribution in [0, 0.1) is 0 Å². The first kappa shape index (κ1) is 26.3. The maximum Gasteiger partial charge on any atom is 0.311 e. The van der Waals surface area contributed by atoms with Gasteiger partial charge in [-0.25, -0.2) is 4.98 Å². The number of fused-ring (bicyclic) bond motifs is 1. The first-order chi connectivity index (χ1) is 20.0. The molecule has 0 unspecified atom stereocenters. The van der Waals surface area contributed by atoms with Crippen LogP contribution in [0.1, 0.15) is 36.0 Å². The van der Waals surface area contributed by atoms with Gasteiger partial charge in [0.2, 0.25) is 5.89 Å².